The fourth-order valence-corrected chi connectivity index (χ4v) is 2.01. The third kappa shape index (κ3) is 5.51. The second-order valence-corrected chi connectivity index (χ2v) is 6.07. The van der Waals surface area contributed by atoms with Crippen LogP contribution in [-0.2, 0) is 4.79 Å². The van der Waals surface area contributed by atoms with E-state index in [-0.39, 0.29) is 24.5 Å². The lowest BCUT2D eigenvalue weighted by Crippen LogP contribution is -2.45. The Hall–Kier alpha value is -1.07. The second-order valence-electron chi connectivity index (χ2n) is 5.16. The zero-order valence-electron chi connectivity index (χ0n) is 12.1. The van der Waals surface area contributed by atoms with Crippen molar-refractivity contribution in [3.63, 3.8) is 0 Å². The Bertz CT molecular complexity index is 420. The molecule has 0 radical (unpaired) electrons. The Labute approximate surface area is 128 Å². The van der Waals surface area contributed by atoms with E-state index in [1.807, 2.05) is 45.0 Å². The highest BCUT2D eigenvalue weighted by Crippen LogP contribution is 2.19. The van der Waals surface area contributed by atoms with Crippen molar-refractivity contribution < 1.29 is 14.6 Å². The zero-order valence-corrected chi connectivity index (χ0v) is 13.7. The van der Waals surface area contributed by atoms with Gasteiger partial charge in [-0.2, -0.15) is 0 Å². The molecular weight excluding hydrogens is 322 g/mol. The Kier molecular flexibility index (Phi) is 7.02. The average molecular weight is 344 g/mol. The standard InChI is InChI=1S/C15H22BrNO3/c1-10(2)14(15(19)17-11(3)8-9-18)20-13-6-4-12(16)5-7-13/h4-7,10-11,14,18H,8-9H2,1-3H3,(H,17,19). The van der Waals surface area contributed by atoms with Crippen LogP contribution in [0.2, 0.25) is 0 Å². The molecule has 0 heterocycles. The molecule has 1 rings (SSSR count). The molecule has 1 aromatic rings. The summed E-state index contributed by atoms with van der Waals surface area (Å²) in [6.45, 7) is 5.81. The van der Waals surface area contributed by atoms with Gasteiger partial charge in [0.15, 0.2) is 6.10 Å². The molecule has 5 heteroatoms. The number of hydrogen-bond acceptors (Lipinski definition) is 3. The van der Waals surface area contributed by atoms with Crippen molar-refractivity contribution >= 4 is 21.8 Å². The summed E-state index contributed by atoms with van der Waals surface area (Å²) in [6.07, 6.45) is -0.00760. The molecule has 0 spiro atoms. The molecule has 0 saturated heterocycles. The average Bonchev–Trinajstić information content (AvgIpc) is 2.37. The summed E-state index contributed by atoms with van der Waals surface area (Å²) in [6, 6.07) is 7.33. The molecule has 0 fully saturated rings. The molecule has 0 aliphatic heterocycles. The lowest BCUT2D eigenvalue weighted by Gasteiger charge is -2.24. The number of rotatable bonds is 7. The molecule has 0 aliphatic rings. The van der Waals surface area contributed by atoms with Crippen LogP contribution in [0.1, 0.15) is 27.2 Å². The third-order valence-electron chi connectivity index (χ3n) is 2.89. The number of halogens is 1. The summed E-state index contributed by atoms with van der Waals surface area (Å²) in [5, 5.41) is 11.7. The monoisotopic (exact) mass is 343 g/mol. The molecule has 2 unspecified atom stereocenters. The summed E-state index contributed by atoms with van der Waals surface area (Å²) >= 11 is 3.36. The van der Waals surface area contributed by atoms with Gasteiger partial charge in [0.2, 0.25) is 0 Å². The predicted octanol–water partition coefficient (Wildman–Crippen LogP) is 2.74. The van der Waals surface area contributed by atoms with Crippen LogP contribution in [-0.4, -0.2) is 29.8 Å². The van der Waals surface area contributed by atoms with Gasteiger partial charge in [0.25, 0.3) is 5.91 Å². The molecule has 0 saturated carbocycles. The van der Waals surface area contributed by atoms with Crippen LogP contribution in [0.4, 0.5) is 0 Å². The van der Waals surface area contributed by atoms with Crippen molar-refractivity contribution in [3.05, 3.63) is 28.7 Å². The van der Waals surface area contributed by atoms with Crippen LogP contribution in [0.15, 0.2) is 28.7 Å². The number of ether oxygens (including phenoxy) is 1. The quantitative estimate of drug-likeness (QED) is 0.800. The minimum absolute atomic E-state index is 0.0555. The van der Waals surface area contributed by atoms with Crippen LogP contribution >= 0.6 is 15.9 Å². The smallest absolute Gasteiger partial charge is 0.261 e. The molecule has 1 aromatic carbocycles. The molecule has 4 nitrogen and oxygen atoms in total. The van der Waals surface area contributed by atoms with Gasteiger partial charge in [0.1, 0.15) is 5.75 Å². The van der Waals surface area contributed by atoms with E-state index >= 15 is 0 Å². The SMILES string of the molecule is CC(CCO)NC(=O)C(Oc1ccc(Br)cc1)C(C)C. The fraction of sp³-hybridized carbons (Fsp3) is 0.533. The first kappa shape index (κ1) is 17.0. The lowest BCUT2D eigenvalue weighted by atomic mass is 10.1. The largest absolute Gasteiger partial charge is 0.480 e. The summed E-state index contributed by atoms with van der Waals surface area (Å²) in [5.74, 6) is 0.570. The first-order chi connectivity index (χ1) is 9.43. The molecule has 0 aromatic heterocycles. The van der Waals surface area contributed by atoms with Crippen molar-refractivity contribution in [2.45, 2.75) is 39.3 Å². The zero-order chi connectivity index (χ0) is 15.1. The fourth-order valence-electron chi connectivity index (χ4n) is 1.74. The normalized spacial score (nSPS) is 13.9. The molecule has 1 amide bonds. The van der Waals surface area contributed by atoms with Crippen LogP contribution in [0, 0.1) is 5.92 Å². The number of nitrogens with one attached hydrogen (secondary N) is 1. The van der Waals surface area contributed by atoms with Crippen molar-refractivity contribution in [3.8, 4) is 5.75 Å². The predicted molar refractivity (Wildman–Crippen MR) is 82.7 cm³/mol. The molecule has 112 valence electrons. The number of hydrogen-bond donors (Lipinski definition) is 2. The molecular formula is C15H22BrNO3. The van der Waals surface area contributed by atoms with Gasteiger partial charge in [0, 0.05) is 17.1 Å². The number of amides is 1. The highest BCUT2D eigenvalue weighted by Gasteiger charge is 2.25. The van der Waals surface area contributed by atoms with Crippen molar-refractivity contribution in [1.29, 1.82) is 0 Å². The van der Waals surface area contributed by atoms with E-state index in [1.54, 1.807) is 0 Å². The van der Waals surface area contributed by atoms with Gasteiger partial charge < -0.3 is 15.2 Å². The Morgan fingerprint density at radius 1 is 1.30 bits per heavy atom. The number of carbonyl (C=O) groups is 1. The maximum absolute atomic E-state index is 12.2. The van der Waals surface area contributed by atoms with E-state index in [1.165, 1.54) is 0 Å². The highest BCUT2D eigenvalue weighted by atomic mass is 79.9. The van der Waals surface area contributed by atoms with Gasteiger partial charge in [0.05, 0.1) is 0 Å². The second kappa shape index (κ2) is 8.27. The van der Waals surface area contributed by atoms with Crippen molar-refractivity contribution in [2.24, 2.45) is 5.92 Å². The highest BCUT2D eigenvalue weighted by molar-refractivity contribution is 9.10. The van der Waals surface area contributed by atoms with Gasteiger partial charge in [-0.25, -0.2) is 0 Å². The molecule has 0 aliphatic carbocycles. The van der Waals surface area contributed by atoms with E-state index in [0.717, 1.165) is 4.47 Å². The Morgan fingerprint density at radius 2 is 1.90 bits per heavy atom. The molecule has 20 heavy (non-hydrogen) atoms. The Morgan fingerprint density at radius 3 is 2.40 bits per heavy atom. The van der Waals surface area contributed by atoms with Crippen LogP contribution in [0.5, 0.6) is 5.75 Å². The van der Waals surface area contributed by atoms with Crippen LogP contribution in [0.3, 0.4) is 0 Å². The summed E-state index contributed by atoms with van der Waals surface area (Å²) in [4.78, 5) is 12.2. The van der Waals surface area contributed by atoms with E-state index in [0.29, 0.717) is 12.2 Å². The van der Waals surface area contributed by atoms with E-state index in [2.05, 4.69) is 21.2 Å². The van der Waals surface area contributed by atoms with Crippen molar-refractivity contribution in [2.75, 3.05) is 6.61 Å². The molecule has 0 bridgehead atoms. The maximum Gasteiger partial charge on any atom is 0.261 e. The third-order valence-corrected chi connectivity index (χ3v) is 3.42. The van der Waals surface area contributed by atoms with Crippen LogP contribution < -0.4 is 10.1 Å². The van der Waals surface area contributed by atoms with Crippen molar-refractivity contribution in [1.82, 2.24) is 5.32 Å². The number of aliphatic hydroxyl groups is 1. The first-order valence-corrected chi connectivity index (χ1v) is 7.56. The molecule has 2 N–H and O–H groups in total. The van der Waals surface area contributed by atoms with E-state index < -0.39 is 6.10 Å². The van der Waals surface area contributed by atoms with Gasteiger partial charge in [-0.15, -0.1) is 0 Å². The van der Waals surface area contributed by atoms with Gasteiger partial charge in [-0.05, 0) is 43.5 Å². The van der Waals surface area contributed by atoms with E-state index in [4.69, 9.17) is 9.84 Å². The van der Waals surface area contributed by atoms with Gasteiger partial charge >= 0.3 is 0 Å². The lowest BCUT2D eigenvalue weighted by molar-refractivity contribution is -0.130. The van der Waals surface area contributed by atoms with Gasteiger partial charge in [-0.3, -0.25) is 4.79 Å². The Balaban J connectivity index is 2.68. The first-order valence-electron chi connectivity index (χ1n) is 6.77. The van der Waals surface area contributed by atoms with Gasteiger partial charge in [-0.1, -0.05) is 29.8 Å². The summed E-state index contributed by atoms with van der Waals surface area (Å²) in [7, 11) is 0. The maximum atomic E-state index is 12.2. The number of benzene rings is 1. The summed E-state index contributed by atoms with van der Waals surface area (Å²) < 4.78 is 6.74. The minimum Gasteiger partial charge on any atom is -0.480 e. The number of carbonyl (C=O) groups excluding carboxylic acids is 1. The van der Waals surface area contributed by atoms with Crippen LogP contribution in [0.25, 0.3) is 0 Å². The van der Waals surface area contributed by atoms with E-state index in [9.17, 15) is 4.79 Å². The minimum atomic E-state index is -0.544. The summed E-state index contributed by atoms with van der Waals surface area (Å²) in [5.41, 5.74) is 0. The number of aliphatic hydroxyl groups excluding tert-OH is 1. The molecule has 2 atom stereocenters. The topological polar surface area (TPSA) is 58.6 Å².